The molecule has 5 atom stereocenters. The van der Waals surface area contributed by atoms with Crippen LogP contribution in [0.25, 0.3) is 0 Å². The summed E-state index contributed by atoms with van der Waals surface area (Å²) < 4.78 is 68.4. The summed E-state index contributed by atoms with van der Waals surface area (Å²) >= 11 is 0. The highest BCUT2D eigenvalue weighted by Gasteiger charge is 2.30. The Balaban J connectivity index is 5.29. The Morgan fingerprint density at radius 1 is 0.337 bits per heavy atom. The second kappa shape index (κ2) is 65.8. The second-order valence-corrected chi connectivity index (χ2v) is 29.0. The maximum absolute atomic E-state index is 13.0. The monoisotopic (exact) mass is 1350 g/mol. The first-order valence-corrected chi connectivity index (χ1v) is 40.4. The molecule has 19 heteroatoms. The number of carbonyl (C=O) groups is 4. The topological polar surface area (TPSA) is 237 Å². The third-order valence-corrected chi connectivity index (χ3v) is 18.3. The number of carbonyl (C=O) groups excluding carboxylic acids is 4. The van der Waals surface area contributed by atoms with Gasteiger partial charge >= 0.3 is 39.5 Å². The van der Waals surface area contributed by atoms with Gasteiger partial charge in [0.25, 0.3) is 0 Å². The number of unbranched alkanes of at least 4 members (excludes halogenated alkanes) is 40. The van der Waals surface area contributed by atoms with Crippen molar-refractivity contribution >= 4 is 39.5 Å². The number of phosphoric ester groups is 2. The number of rotatable bonds is 71. The van der Waals surface area contributed by atoms with Crippen molar-refractivity contribution in [3.05, 3.63) is 24.3 Å². The second-order valence-electron chi connectivity index (χ2n) is 26.1. The van der Waals surface area contributed by atoms with Crippen LogP contribution in [0.15, 0.2) is 24.3 Å². The highest BCUT2D eigenvalue weighted by molar-refractivity contribution is 7.47. The molecule has 0 bridgehead atoms. The molecule has 0 radical (unpaired) electrons. The quantitative estimate of drug-likeness (QED) is 0.0169. The Hall–Kier alpha value is -2.46. The largest absolute Gasteiger partial charge is 0.472 e. The molecular formula is C73H138O17P2. The van der Waals surface area contributed by atoms with Crippen LogP contribution in [0, 0.1) is 5.92 Å². The molecule has 17 nitrogen and oxygen atoms in total. The summed E-state index contributed by atoms with van der Waals surface area (Å²) in [4.78, 5) is 72.7. The van der Waals surface area contributed by atoms with E-state index in [1.54, 1.807) is 0 Å². The van der Waals surface area contributed by atoms with Gasteiger partial charge in [0, 0.05) is 25.7 Å². The van der Waals surface area contributed by atoms with Gasteiger partial charge in [-0.2, -0.15) is 0 Å². The van der Waals surface area contributed by atoms with Crippen molar-refractivity contribution in [3.63, 3.8) is 0 Å². The van der Waals surface area contributed by atoms with E-state index in [1.807, 2.05) is 0 Å². The molecule has 0 saturated carbocycles. The zero-order valence-electron chi connectivity index (χ0n) is 59.2. The molecule has 0 aromatic heterocycles. The molecule has 0 saturated heterocycles. The van der Waals surface area contributed by atoms with Gasteiger partial charge < -0.3 is 33.8 Å². The Morgan fingerprint density at radius 2 is 0.587 bits per heavy atom. The number of hydrogen-bond donors (Lipinski definition) is 3. The van der Waals surface area contributed by atoms with Crippen LogP contribution in [0.2, 0.25) is 0 Å². The number of hydrogen-bond acceptors (Lipinski definition) is 15. The van der Waals surface area contributed by atoms with Crippen LogP contribution in [0.4, 0.5) is 0 Å². The molecule has 542 valence electrons. The third kappa shape index (κ3) is 66.2. The number of ether oxygens (including phenoxy) is 4. The van der Waals surface area contributed by atoms with E-state index in [0.29, 0.717) is 25.7 Å². The average molecular weight is 1350 g/mol. The standard InChI is InChI=1S/C73H138O17P2/c1-6-9-12-15-18-21-24-27-28-30-33-38-43-48-53-58-72(77)89-68(62-84-71(76)57-52-47-42-37-32-29-25-22-19-16-13-10-7-2)64-87-91(79,80)85-60-67(74)61-86-92(81,82)88-65-69(90-73(78)59-54-49-44-39-34-35-40-45-50-55-66(4)5)63-83-70(75)56-51-46-41-36-31-26-23-20-17-14-11-8-3/h21,24,27-28,66-69,74H,6-20,22-23,25-26,29-65H2,1-5H3,(H,79,80)(H,81,82)/b24-21-,28-27-/t67-,68-,69-/m1/s1. The predicted octanol–water partition coefficient (Wildman–Crippen LogP) is 20.9. The SMILES string of the molecule is CCCCCC/C=C\C=C/CCCCCCCC(=O)O[C@H](COC(=O)CCCCCCCCCCCCCCC)COP(=O)(O)OC[C@@H](O)COP(=O)(O)OC[C@@H](COC(=O)CCCCCCCCCCCCCC)OC(=O)CCCCCCCCCCCC(C)C. The molecule has 0 aromatic rings. The summed E-state index contributed by atoms with van der Waals surface area (Å²) in [6, 6.07) is 0. The molecule has 0 spiro atoms. The number of phosphoric acid groups is 2. The summed E-state index contributed by atoms with van der Waals surface area (Å²) in [5, 5.41) is 10.6. The maximum Gasteiger partial charge on any atom is 0.472 e. The Bertz CT molecular complexity index is 1860. The summed E-state index contributed by atoms with van der Waals surface area (Å²) in [5.74, 6) is -1.41. The fraction of sp³-hybridized carbons (Fsp3) is 0.890. The van der Waals surface area contributed by atoms with E-state index in [9.17, 15) is 43.2 Å². The van der Waals surface area contributed by atoms with Crippen molar-refractivity contribution in [2.45, 2.75) is 374 Å². The molecule has 3 N–H and O–H groups in total. The van der Waals surface area contributed by atoms with Crippen molar-refractivity contribution in [1.82, 2.24) is 0 Å². The van der Waals surface area contributed by atoms with E-state index in [2.05, 4.69) is 58.9 Å². The van der Waals surface area contributed by atoms with Gasteiger partial charge in [-0.3, -0.25) is 37.3 Å². The molecular weight excluding hydrogens is 1210 g/mol. The lowest BCUT2D eigenvalue weighted by atomic mass is 10.0. The Morgan fingerprint density at radius 3 is 0.891 bits per heavy atom. The van der Waals surface area contributed by atoms with Crippen LogP contribution in [0.5, 0.6) is 0 Å². The van der Waals surface area contributed by atoms with Gasteiger partial charge in [0.2, 0.25) is 0 Å². The molecule has 0 aromatic carbocycles. The maximum atomic E-state index is 13.0. The molecule has 0 aliphatic carbocycles. The number of esters is 4. The van der Waals surface area contributed by atoms with Crippen molar-refractivity contribution in [3.8, 4) is 0 Å². The van der Waals surface area contributed by atoms with Gasteiger partial charge in [0.05, 0.1) is 26.4 Å². The molecule has 2 unspecified atom stereocenters. The summed E-state index contributed by atoms with van der Waals surface area (Å²) in [5.41, 5.74) is 0. The van der Waals surface area contributed by atoms with Crippen molar-refractivity contribution < 1.29 is 80.2 Å². The molecule has 0 aliphatic rings. The molecule has 0 heterocycles. The van der Waals surface area contributed by atoms with Gasteiger partial charge in [-0.15, -0.1) is 0 Å². The van der Waals surface area contributed by atoms with E-state index in [1.165, 1.54) is 167 Å². The summed E-state index contributed by atoms with van der Waals surface area (Å²) in [7, 11) is -9.92. The van der Waals surface area contributed by atoms with Crippen LogP contribution in [-0.4, -0.2) is 96.7 Å². The Kier molecular flexibility index (Phi) is 64.0. The lowest BCUT2D eigenvalue weighted by molar-refractivity contribution is -0.161. The minimum Gasteiger partial charge on any atom is -0.462 e. The van der Waals surface area contributed by atoms with E-state index >= 15 is 0 Å². The van der Waals surface area contributed by atoms with Gasteiger partial charge in [-0.1, -0.05) is 303 Å². The lowest BCUT2D eigenvalue weighted by Gasteiger charge is -2.21. The van der Waals surface area contributed by atoms with Gasteiger partial charge in [-0.25, -0.2) is 9.13 Å². The summed E-state index contributed by atoms with van der Waals surface area (Å²) in [6.07, 6.45) is 56.1. The minimum absolute atomic E-state index is 0.0855. The highest BCUT2D eigenvalue weighted by Crippen LogP contribution is 2.45. The Labute approximate surface area is 561 Å². The smallest absolute Gasteiger partial charge is 0.462 e. The zero-order valence-corrected chi connectivity index (χ0v) is 61.0. The summed E-state index contributed by atoms with van der Waals surface area (Å²) in [6.45, 7) is 7.18. The molecule has 0 amide bonds. The molecule has 0 rings (SSSR count). The normalized spacial score (nSPS) is 14.2. The average Bonchev–Trinajstić information content (AvgIpc) is 1.52. The van der Waals surface area contributed by atoms with Crippen molar-refractivity contribution in [1.29, 1.82) is 0 Å². The first kappa shape index (κ1) is 89.5. The van der Waals surface area contributed by atoms with Crippen LogP contribution in [0.3, 0.4) is 0 Å². The van der Waals surface area contributed by atoms with Crippen LogP contribution in [-0.2, 0) is 65.4 Å². The van der Waals surface area contributed by atoms with E-state index in [4.69, 9.17) is 37.0 Å². The van der Waals surface area contributed by atoms with E-state index in [-0.39, 0.29) is 25.7 Å². The van der Waals surface area contributed by atoms with E-state index in [0.717, 1.165) is 109 Å². The minimum atomic E-state index is -4.96. The highest BCUT2D eigenvalue weighted by atomic mass is 31.2. The number of allylic oxidation sites excluding steroid dienone is 4. The molecule has 92 heavy (non-hydrogen) atoms. The van der Waals surface area contributed by atoms with E-state index < -0.39 is 97.5 Å². The third-order valence-electron chi connectivity index (χ3n) is 16.4. The fourth-order valence-electron chi connectivity index (χ4n) is 10.6. The van der Waals surface area contributed by atoms with Crippen molar-refractivity contribution in [2.75, 3.05) is 39.6 Å². The van der Waals surface area contributed by atoms with Gasteiger partial charge in [0.15, 0.2) is 12.2 Å². The molecule has 0 fully saturated rings. The molecule has 0 aliphatic heterocycles. The number of aliphatic hydroxyl groups excluding tert-OH is 1. The number of aliphatic hydroxyl groups is 1. The fourth-order valence-corrected chi connectivity index (χ4v) is 12.2. The van der Waals surface area contributed by atoms with Crippen LogP contribution < -0.4 is 0 Å². The first-order valence-electron chi connectivity index (χ1n) is 37.5. The van der Waals surface area contributed by atoms with Crippen LogP contribution >= 0.6 is 15.6 Å². The van der Waals surface area contributed by atoms with Crippen molar-refractivity contribution in [2.24, 2.45) is 5.92 Å². The van der Waals surface area contributed by atoms with Gasteiger partial charge in [-0.05, 0) is 57.3 Å². The predicted molar refractivity (Wildman–Crippen MR) is 372 cm³/mol. The first-order chi connectivity index (χ1) is 44.5. The lowest BCUT2D eigenvalue weighted by Crippen LogP contribution is -2.30. The van der Waals surface area contributed by atoms with Crippen LogP contribution in [0.1, 0.15) is 356 Å². The van der Waals surface area contributed by atoms with Gasteiger partial charge in [0.1, 0.15) is 19.3 Å². The zero-order chi connectivity index (χ0) is 67.7.